The fourth-order valence-electron chi connectivity index (χ4n) is 1.54. The van der Waals surface area contributed by atoms with E-state index >= 15 is 0 Å². The van der Waals surface area contributed by atoms with Gasteiger partial charge in [0.05, 0.1) is 5.56 Å². The van der Waals surface area contributed by atoms with Gasteiger partial charge in [0, 0.05) is 5.56 Å². The van der Waals surface area contributed by atoms with Gasteiger partial charge in [0.2, 0.25) is 0 Å². The number of aryl methyl sites for hydroxylation is 1. The largest absolute Gasteiger partial charge is 0.423 e. The Morgan fingerprint density at radius 3 is 2.44 bits per heavy atom. The number of ether oxygens (including phenoxy) is 1. The number of benzene rings is 2. The van der Waals surface area contributed by atoms with Gasteiger partial charge in [-0.15, -0.1) is 0 Å². The third-order valence-electron chi connectivity index (χ3n) is 2.48. The highest BCUT2D eigenvalue weighted by Gasteiger charge is 2.08. The van der Waals surface area contributed by atoms with Crippen LogP contribution in [0.5, 0.6) is 5.75 Å². The van der Waals surface area contributed by atoms with Crippen molar-refractivity contribution in [2.45, 2.75) is 6.92 Å². The molecule has 3 heteroatoms. The minimum absolute atomic E-state index is 0.419. The molecule has 0 saturated carbocycles. The molecule has 90 valence electrons. The maximum atomic E-state index is 11.8. The van der Waals surface area contributed by atoms with E-state index < -0.39 is 5.97 Å². The predicted molar refractivity (Wildman–Crippen MR) is 68.0 cm³/mol. The second kappa shape index (κ2) is 5.27. The molecular weight excluding hydrogens is 228 g/mol. The summed E-state index contributed by atoms with van der Waals surface area (Å²) in [5.74, 6) is 0.0810. The third kappa shape index (κ3) is 2.83. The molecule has 0 aromatic heterocycles. The average Bonchev–Trinajstić information content (AvgIpc) is 2.39. The van der Waals surface area contributed by atoms with E-state index in [4.69, 9.17) is 4.74 Å². The first-order valence-corrected chi connectivity index (χ1v) is 5.53. The summed E-state index contributed by atoms with van der Waals surface area (Å²) in [6.07, 6.45) is 0.732. The molecule has 0 aliphatic rings. The van der Waals surface area contributed by atoms with E-state index in [2.05, 4.69) is 0 Å². The molecule has 0 bridgehead atoms. The van der Waals surface area contributed by atoms with Gasteiger partial charge in [0.15, 0.2) is 0 Å². The van der Waals surface area contributed by atoms with Gasteiger partial charge in [-0.25, -0.2) is 4.79 Å². The quantitative estimate of drug-likeness (QED) is 0.470. The zero-order valence-electron chi connectivity index (χ0n) is 9.92. The van der Waals surface area contributed by atoms with E-state index in [0.717, 1.165) is 11.8 Å². The number of esters is 1. The van der Waals surface area contributed by atoms with Gasteiger partial charge in [-0.1, -0.05) is 24.3 Å². The van der Waals surface area contributed by atoms with Crippen molar-refractivity contribution < 1.29 is 14.3 Å². The molecule has 0 atom stereocenters. The van der Waals surface area contributed by atoms with Crippen molar-refractivity contribution in [3.8, 4) is 5.75 Å². The molecule has 0 fully saturated rings. The van der Waals surface area contributed by atoms with Gasteiger partial charge in [-0.2, -0.15) is 0 Å². The smallest absolute Gasteiger partial charge is 0.343 e. The van der Waals surface area contributed by atoms with Gasteiger partial charge < -0.3 is 4.74 Å². The first-order chi connectivity index (χ1) is 8.69. The lowest BCUT2D eigenvalue weighted by molar-refractivity contribution is 0.0734. The zero-order valence-corrected chi connectivity index (χ0v) is 9.92. The second-order valence-electron chi connectivity index (χ2n) is 3.95. The maximum absolute atomic E-state index is 11.8. The summed E-state index contributed by atoms with van der Waals surface area (Å²) in [5, 5.41) is 0. The van der Waals surface area contributed by atoms with E-state index in [1.165, 1.54) is 0 Å². The summed E-state index contributed by atoms with van der Waals surface area (Å²) < 4.78 is 5.23. The lowest BCUT2D eigenvalue weighted by Gasteiger charge is -2.05. The summed E-state index contributed by atoms with van der Waals surface area (Å²) in [7, 11) is 0. The summed E-state index contributed by atoms with van der Waals surface area (Å²) in [5.41, 5.74) is 1.97. The molecule has 3 nitrogen and oxygen atoms in total. The Balaban J connectivity index is 2.14. The Hall–Kier alpha value is -2.42. The van der Waals surface area contributed by atoms with Gasteiger partial charge in [0.1, 0.15) is 12.0 Å². The van der Waals surface area contributed by atoms with Crippen molar-refractivity contribution in [2.75, 3.05) is 0 Å². The number of carbonyl (C=O) groups excluding carboxylic acids is 2. The Morgan fingerprint density at radius 2 is 1.83 bits per heavy atom. The minimum atomic E-state index is -0.432. The van der Waals surface area contributed by atoms with Crippen LogP contribution in [0.2, 0.25) is 0 Å². The fourth-order valence-corrected chi connectivity index (χ4v) is 1.54. The molecule has 0 N–H and O–H groups in total. The summed E-state index contributed by atoms with van der Waals surface area (Å²) in [6.45, 7) is 1.93. The molecule has 0 saturated heterocycles. The molecule has 0 aliphatic heterocycles. The van der Waals surface area contributed by atoms with E-state index in [1.54, 1.807) is 36.4 Å². The van der Waals surface area contributed by atoms with Crippen molar-refractivity contribution in [3.63, 3.8) is 0 Å². The maximum Gasteiger partial charge on any atom is 0.343 e. The summed E-state index contributed by atoms with van der Waals surface area (Å²) in [6, 6.07) is 13.6. The summed E-state index contributed by atoms with van der Waals surface area (Å²) in [4.78, 5) is 22.3. The standard InChI is InChI=1S/C15H12O3/c1-11-3-2-4-14(9-11)18-15(17)13-7-5-12(10-16)6-8-13/h2-10H,1H3. The van der Waals surface area contributed by atoms with Crippen molar-refractivity contribution >= 4 is 12.3 Å². The Morgan fingerprint density at radius 1 is 1.11 bits per heavy atom. The van der Waals surface area contributed by atoms with E-state index in [1.807, 2.05) is 19.1 Å². The van der Waals surface area contributed by atoms with Crippen molar-refractivity contribution in [3.05, 3.63) is 65.2 Å². The lowest BCUT2D eigenvalue weighted by atomic mass is 10.1. The summed E-state index contributed by atoms with van der Waals surface area (Å²) >= 11 is 0. The van der Waals surface area contributed by atoms with Crippen molar-refractivity contribution in [1.29, 1.82) is 0 Å². The SMILES string of the molecule is Cc1cccc(OC(=O)c2ccc(C=O)cc2)c1. The molecule has 0 unspecified atom stereocenters. The van der Waals surface area contributed by atoms with Crippen LogP contribution in [-0.2, 0) is 0 Å². The molecule has 2 aromatic rings. The first kappa shape index (κ1) is 12.0. The molecule has 18 heavy (non-hydrogen) atoms. The van der Waals surface area contributed by atoms with E-state index in [-0.39, 0.29) is 0 Å². The molecule has 0 radical (unpaired) electrons. The van der Waals surface area contributed by atoms with Crippen LogP contribution in [0, 0.1) is 6.92 Å². The van der Waals surface area contributed by atoms with Crippen LogP contribution in [0.1, 0.15) is 26.3 Å². The van der Waals surface area contributed by atoms with Crippen LogP contribution in [-0.4, -0.2) is 12.3 Å². The van der Waals surface area contributed by atoms with Crippen LogP contribution in [0.15, 0.2) is 48.5 Å². The molecule has 0 spiro atoms. The van der Waals surface area contributed by atoms with Crippen LogP contribution in [0.25, 0.3) is 0 Å². The van der Waals surface area contributed by atoms with Crippen LogP contribution in [0.3, 0.4) is 0 Å². The van der Waals surface area contributed by atoms with Crippen molar-refractivity contribution in [1.82, 2.24) is 0 Å². The first-order valence-electron chi connectivity index (χ1n) is 5.53. The number of aldehydes is 1. The van der Waals surface area contributed by atoms with Gasteiger partial charge in [-0.3, -0.25) is 4.79 Å². The minimum Gasteiger partial charge on any atom is -0.423 e. The molecule has 2 rings (SSSR count). The molecule has 0 amide bonds. The number of carbonyl (C=O) groups is 2. The van der Waals surface area contributed by atoms with Crippen molar-refractivity contribution in [2.24, 2.45) is 0 Å². The molecule has 0 aliphatic carbocycles. The fraction of sp³-hybridized carbons (Fsp3) is 0.0667. The second-order valence-corrected chi connectivity index (χ2v) is 3.95. The molecular formula is C15H12O3. The molecule has 2 aromatic carbocycles. The van der Waals surface area contributed by atoms with E-state index in [0.29, 0.717) is 16.9 Å². The van der Waals surface area contributed by atoms with Gasteiger partial charge in [0.25, 0.3) is 0 Å². The molecule has 0 heterocycles. The highest BCUT2D eigenvalue weighted by molar-refractivity contribution is 5.91. The van der Waals surface area contributed by atoms with Crippen LogP contribution >= 0.6 is 0 Å². The Kier molecular flexibility index (Phi) is 3.53. The van der Waals surface area contributed by atoms with Gasteiger partial charge in [-0.05, 0) is 36.8 Å². The topological polar surface area (TPSA) is 43.4 Å². The highest BCUT2D eigenvalue weighted by Crippen LogP contribution is 2.14. The third-order valence-corrected chi connectivity index (χ3v) is 2.48. The lowest BCUT2D eigenvalue weighted by Crippen LogP contribution is -2.08. The number of hydrogen-bond acceptors (Lipinski definition) is 3. The zero-order chi connectivity index (χ0) is 13.0. The predicted octanol–water partition coefficient (Wildman–Crippen LogP) is 3.03. The Labute approximate surface area is 105 Å². The normalized spacial score (nSPS) is 9.83. The number of hydrogen-bond donors (Lipinski definition) is 0. The number of rotatable bonds is 3. The van der Waals surface area contributed by atoms with E-state index in [9.17, 15) is 9.59 Å². The average molecular weight is 240 g/mol. The van der Waals surface area contributed by atoms with Gasteiger partial charge >= 0.3 is 5.97 Å². The highest BCUT2D eigenvalue weighted by atomic mass is 16.5. The monoisotopic (exact) mass is 240 g/mol. The van der Waals surface area contributed by atoms with Crippen LogP contribution < -0.4 is 4.74 Å². The Bertz CT molecular complexity index is 571. The van der Waals surface area contributed by atoms with Crippen LogP contribution in [0.4, 0.5) is 0 Å².